The molecule has 1 aromatic rings. The van der Waals surface area contributed by atoms with E-state index in [0.29, 0.717) is 6.54 Å². The van der Waals surface area contributed by atoms with Crippen LogP contribution in [0.25, 0.3) is 0 Å². The van der Waals surface area contributed by atoms with Gasteiger partial charge in [-0.15, -0.1) is 0 Å². The van der Waals surface area contributed by atoms with Crippen LogP contribution in [0.3, 0.4) is 0 Å². The molecule has 1 aromatic heterocycles. The molecule has 0 saturated carbocycles. The fourth-order valence-electron chi connectivity index (χ4n) is 2.62. The molecule has 0 bridgehead atoms. The zero-order chi connectivity index (χ0) is 15.5. The van der Waals surface area contributed by atoms with E-state index in [-0.39, 0.29) is 24.9 Å². The normalized spacial score (nSPS) is 19.1. The lowest BCUT2D eigenvalue weighted by atomic mass is 10.2. The van der Waals surface area contributed by atoms with Crippen molar-refractivity contribution in [1.82, 2.24) is 19.4 Å². The largest absolute Gasteiger partial charge is 0.338 e. The van der Waals surface area contributed by atoms with Crippen molar-refractivity contribution in [2.75, 3.05) is 19.3 Å². The van der Waals surface area contributed by atoms with Crippen molar-refractivity contribution in [3.05, 3.63) is 18.0 Å². The summed E-state index contributed by atoms with van der Waals surface area (Å²) in [5, 5.41) is 4.25. The molecule has 0 radical (unpaired) electrons. The molecule has 21 heavy (non-hydrogen) atoms. The molecule has 1 aliphatic rings. The first-order chi connectivity index (χ1) is 9.85. The molecule has 1 saturated heterocycles. The van der Waals surface area contributed by atoms with Crippen LogP contribution in [-0.4, -0.2) is 54.4 Å². The van der Waals surface area contributed by atoms with E-state index < -0.39 is 10.0 Å². The van der Waals surface area contributed by atoms with Gasteiger partial charge in [0.2, 0.25) is 15.9 Å². The lowest BCUT2D eigenvalue weighted by molar-refractivity contribution is -0.132. The highest BCUT2D eigenvalue weighted by Crippen LogP contribution is 2.19. The minimum atomic E-state index is -3.24. The first kappa shape index (κ1) is 16.0. The van der Waals surface area contributed by atoms with Gasteiger partial charge in [-0.05, 0) is 25.3 Å². The molecule has 0 aromatic carbocycles. The van der Waals surface area contributed by atoms with Gasteiger partial charge >= 0.3 is 0 Å². The molecule has 1 N–H and O–H groups in total. The van der Waals surface area contributed by atoms with Crippen molar-refractivity contribution in [2.45, 2.75) is 38.8 Å². The molecule has 1 fully saturated rings. The maximum Gasteiger partial charge on any atom is 0.224 e. The molecule has 8 heteroatoms. The maximum absolute atomic E-state index is 12.2. The topological polar surface area (TPSA) is 84.3 Å². The number of amides is 1. The van der Waals surface area contributed by atoms with Gasteiger partial charge in [0.25, 0.3) is 0 Å². The lowest BCUT2D eigenvalue weighted by Gasteiger charge is -2.24. The second-order valence-corrected chi connectivity index (χ2v) is 7.37. The van der Waals surface area contributed by atoms with E-state index in [1.807, 2.05) is 22.7 Å². The number of sulfonamides is 1. The highest BCUT2D eigenvalue weighted by atomic mass is 32.2. The number of likely N-dealkylation sites (tertiary alicyclic amines) is 1. The third-order valence-corrected chi connectivity index (χ3v) is 4.29. The average Bonchev–Trinajstić information content (AvgIpc) is 2.97. The van der Waals surface area contributed by atoms with Crippen LogP contribution in [0.2, 0.25) is 0 Å². The van der Waals surface area contributed by atoms with Crippen molar-refractivity contribution in [1.29, 1.82) is 0 Å². The molecule has 2 rings (SSSR count). The molecule has 7 nitrogen and oxygen atoms in total. The number of carbonyl (C=O) groups is 1. The van der Waals surface area contributed by atoms with Gasteiger partial charge < -0.3 is 4.90 Å². The maximum atomic E-state index is 12.2. The molecule has 1 atom stereocenters. The lowest BCUT2D eigenvalue weighted by Crippen LogP contribution is -2.39. The molecular weight excluding hydrogens is 292 g/mol. The van der Waals surface area contributed by atoms with Gasteiger partial charge in [-0.3, -0.25) is 9.48 Å². The standard InChI is InChI=1S/C13H22N4O3S/c1-11-8-14-16(9-11)10-12-4-3-7-17(12)13(18)5-6-15-21(2,19)20/h8-9,12,15H,3-7,10H2,1-2H3/t12-/m1/s1. The van der Waals surface area contributed by atoms with E-state index in [1.165, 1.54) is 0 Å². The van der Waals surface area contributed by atoms with Crippen molar-refractivity contribution >= 4 is 15.9 Å². The summed E-state index contributed by atoms with van der Waals surface area (Å²) < 4.78 is 26.2. The number of nitrogens with zero attached hydrogens (tertiary/aromatic N) is 3. The van der Waals surface area contributed by atoms with E-state index in [4.69, 9.17) is 0 Å². The fourth-order valence-corrected chi connectivity index (χ4v) is 3.10. The van der Waals surface area contributed by atoms with Gasteiger partial charge in [0.05, 0.1) is 25.0 Å². The molecule has 0 spiro atoms. The van der Waals surface area contributed by atoms with Crippen molar-refractivity contribution in [3.63, 3.8) is 0 Å². The van der Waals surface area contributed by atoms with Crippen molar-refractivity contribution in [3.8, 4) is 0 Å². The Morgan fingerprint density at radius 1 is 1.52 bits per heavy atom. The smallest absolute Gasteiger partial charge is 0.224 e. The van der Waals surface area contributed by atoms with E-state index in [1.54, 1.807) is 6.20 Å². The Kier molecular flexibility index (Phi) is 5.00. The Morgan fingerprint density at radius 3 is 2.90 bits per heavy atom. The molecule has 118 valence electrons. The van der Waals surface area contributed by atoms with E-state index in [0.717, 1.165) is 31.2 Å². The molecule has 0 aliphatic carbocycles. The summed E-state index contributed by atoms with van der Waals surface area (Å²) in [7, 11) is -3.24. The highest BCUT2D eigenvalue weighted by Gasteiger charge is 2.28. The summed E-state index contributed by atoms with van der Waals surface area (Å²) >= 11 is 0. The number of hydrogen-bond acceptors (Lipinski definition) is 4. The fraction of sp³-hybridized carbons (Fsp3) is 0.692. The van der Waals surface area contributed by atoms with Crippen LogP contribution < -0.4 is 4.72 Å². The molecular formula is C13H22N4O3S. The summed E-state index contributed by atoms with van der Waals surface area (Å²) in [5.74, 6) is -0.00229. The van der Waals surface area contributed by atoms with Gasteiger partial charge in [0.15, 0.2) is 0 Å². The molecule has 1 aliphatic heterocycles. The van der Waals surface area contributed by atoms with E-state index >= 15 is 0 Å². The number of carbonyl (C=O) groups excluding carboxylic acids is 1. The second-order valence-electron chi connectivity index (χ2n) is 5.54. The van der Waals surface area contributed by atoms with Crippen LogP contribution in [0.5, 0.6) is 0 Å². The molecule has 2 heterocycles. The van der Waals surface area contributed by atoms with E-state index in [9.17, 15) is 13.2 Å². The molecule has 0 unspecified atom stereocenters. The van der Waals surface area contributed by atoms with Gasteiger partial charge in [0.1, 0.15) is 0 Å². The van der Waals surface area contributed by atoms with Gasteiger partial charge in [-0.1, -0.05) is 0 Å². The first-order valence-electron chi connectivity index (χ1n) is 7.08. The summed E-state index contributed by atoms with van der Waals surface area (Å²) in [6, 6.07) is 0.148. The number of aromatic nitrogens is 2. The van der Waals surface area contributed by atoms with Gasteiger partial charge in [-0.2, -0.15) is 5.10 Å². The van der Waals surface area contributed by atoms with Gasteiger partial charge in [-0.25, -0.2) is 13.1 Å². The number of nitrogens with one attached hydrogen (secondary N) is 1. The Morgan fingerprint density at radius 2 is 2.29 bits per heavy atom. The highest BCUT2D eigenvalue weighted by molar-refractivity contribution is 7.88. The Labute approximate surface area is 125 Å². The summed E-state index contributed by atoms with van der Waals surface area (Å²) in [4.78, 5) is 14.0. The first-order valence-corrected chi connectivity index (χ1v) is 8.97. The van der Waals surface area contributed by atoms with Gasteiger partial charge in [0, 0.05) is 25.7 Å². The summed E-state index contributed by atoms with van der Waals surface area (Å²) in [5.41, 5.74) is 1.10. The molecule has 1 amide bonds. The zero-order valence-corrected chi connectivity index (χ0v) is 13.3. The Balaban J connectivity index is 1.87. The monoisotopic (exact) mass is 314 g/mol. The van der Waals surface area contributed by atoms with E-state index in [2.05, 4.69) is 9.82 Å². The minimum Gasteiger partial charge on any atom is -0.338 e. The third-order valence-electron chi connectivity index (χ3n) is 3.56. The Bertz CT molecular complexity index is 596. The summed E-state index contributed by atoms with van der Waals surface area (Å²) in [6.07, 6.45) is 7.00. The Hall–Kier alpha value is -1.41. The number of aryl methyl sites for hydroxylation is 1. The third kappa shape index (κ3) is 4.82. The van der Waals surface area contributed by atoms with Crippen LogP contribution in [0.15, 0.2) is 12.4 Å². The van der Waals surface area contributed by atoms with Crippen LogP contribution in [0.4, 0.5) is 0 Å². The van der Waals surface area contributed by atoms with Crippen molar-refractivity contribution in [2.24, 2.45) is 0 Å². The predicted molar refractivity (Wildman–Crippen MR) is 79.2 cm³/mol. The zero-order valence-electron chi connectivity index (χ0n) is 12.4. The number of hydrogen-bond donors (Lipinski definition) is 1. The van der Waals surface area contributed by atoms with Crippen molar-refractivity contribution < 1.29 is 13.2 Å². The predicted octanol–water partition coefficient (Wildman–Crippen LogP) is 0.122. The minimum absolute atomic E-state index is 0.00229. The average molecular weight is 314 g/mol. The quantitative estimate of drug-likeness (QED) is 0.808. The van der Waals surface area contributed by atoms with Crippen LogP contribution in [-0.2, 0) is 21.4 Å². The SMILES string of the molecule is Cc1cnn(C[C@H]2CCCN2C(=O)CCNS(C)(=O)=O)c1. The number of rotatable bonds is 6. The summed E-state index contributed by atoms with van der Waals surface area (Å²) in [6.45, 7) is 3.57. The second kappa shape index (κ2) is 6.57. The van der Waals surface area contributed by atoms with Crippen LogP contribution in [0.1, 0.15) is 24.8 Å². The van der Waals surface area contributed by atoms with Crippen LogP contribution >= 0.6 is 0 Å². The van der Waals surface area contributed by atoms with Crippen LogP contribution in [0, 0.1) is 6.92 Å².